The molecule has 0 aliphatic rings. The summed E-state index contributed by atoms with van der Waals surface area (Å²) in [5.41, 5.74) is 4.63. The molecule has 1 heterocycles. The van der Waals surface area contributed by atoms with Gasteiger partial charge in [-0.15, -0.1) is 22.9 Å². The summed E-state index contributed by atoms with van der Waals surface area (Å²) < 4.78 is 0. The molecule has 1 unspecified atom stereocenters. The summed E-state index contributed by atoms with van der Waals surface area (Å²) in [5.74, 6) is 0. The largest absolute Gasteiger partial charge is 0.147 e. The molecule has 17 heavy (non-hydrogen) atoms. The number of halogens is 2. The van der Waals surface area contributed by atoms with Crippen LogP contribution in [0.2, 0.25) is 5.02 Å². The molecule has 0 fully saturated rings. The first-order valence-corrected chi connectivity index (χ1v) is 7.15. The Kier molecular flexibility index (Phi) is 3.82. The minimum absolute atomic E-state index is 0.0778. The molecule has 3 heteroatoms. The third-order valence-corrected chi connectivity index (χ3v) is 5.03. The van der Waals surface area contributed by atoms with E-state index < -0.39 is 0 Å². The Morgan fingerprint density at radius 3 is 2.35 bits per heavy atom. The third-order valence-electron chi connectivity index (χ3n) is 2.95. The second-order valence-corrected chi connectivity index (χ2v) is 6.08. The maximum atomic E-state index is 6.58. The van der Waals surface area contributed by atoms with Crippen molar-refractivity contribution < 1.29 is 0 Å². The van der Waals surface area contributed by atoms with Crippen LogP contribution in [-0.4, -0.2) is 0 Å². The second kappa shape index (κ2) is 5.01. The lowest BCUT2D eigenvalue weighted by Gasteiger charge is -2.14. The lowest BCUT2D eigenvalue weighted by atomic mass is 10.0. The highest BCUT2D eigenvalue weighted by molar-refractivity contribution is 7.10. The second-order valence-electron chi connectivity index (χ2n) is 4.29. The van der Waals surface area contributed by atoms with E-state index in [0.717, 1.165) is 21.7 Å². The quantitative estimate of drug-likeness (QED) is 0.625. The van der Waals surface area contributed by atoms with Gasteiger partial charge in [-0.05, 0) is 60.5 Å². The molecule has 0 N–H and O–H groups in total. The van der Waals surface area contributed by atoms with E-state index in [4.69, 9.17) is 23.2 Å². The van der Waals surface area contributed by atoms with Gasteiger partial charge >= 0.3 is 0 Å². The number of hydrogen-bond acceptors (Lipinski definition) is 1. The Morgan fingerprint density at radius 1 is 1.06 bits per heavy atom. The summed E-state index contributed by atoms with van der Waals surface area (Å²) in [6.07, 6.45) is 0. The normalized spacial score (nSPS) is 12.8. The molecule has 0 radical (unpaired) electrons. The van der Waals surface area contributed by atoms with Gasteiger partial charge in [0.25, 0.3) is 0 Å². The number of alkyl halides is 1. The first kappa shape index (κ1) is 12.9. The molecule has 1 atom stereocenters. The molecule has 2 aromatic rings. The number of aryl methyl sites for hydroxylation is 3. The lowest BCUT2D eigenvalue weighted by molar-refractivity contribution is 1.12. The van der Waals surface area contributed by atoms with Crippen LogP contribution in [0.4, 0.5) is 0 Å². The zero-order chi connectivity index (χ0) is 12.6. The highest BCUT2D eigenvalue weighted by Crippen LogP contribution is 2.37. The van der Waals surface area contributed by atoms with Gasteiger partial charge in [0.1, 0.15) is 0 Å². The smallest absolute Gasteiger partial charge is 0.0933 e. The van der Waals surface area contributed by atoms with E-state index in [0.29, 0.717) is 0 Å². The molecule has 1 aromatic carbocycles. The van der Waals surface area contributed by atoms with Crippen LogP contribution < -0.4 is 0 Å². The van der Waals surface area contributed by atoms with Crippen molar-refractivity contribution in [1.82, 2.24) is 0 Å². The Labute approximate surface area is 116 Å². The van der Waals surface area contributed by atoms with Crippen LogP contribution in [0.1, 0.15) is 32.5 Å². The fraction of sp³-hybridized carbons (Fsp3) is 0.286. The van der Waals surface area contributed by atoms with E-state index in [1.807, 2.05) is 13.0 Å². The number of hydrogen-bond donors (Lipinski definition) is 0. The third kappa shape index (κ3) is 2.52. The highest BCUT2D eigenvalue weighted by atomic mass is 35.5. The van der Waals surface area contributed by atoms with Gasteiger partial charge in [-0.25, -0.2) is 0 Å². The predicted molar refractivity (Wildman–Crippen MR) is 77.7 cm³/mol. The van der Waals surface area contributed by atoms with Gasteiger partial charge in [-0.3, -0.25) is 0 Å². The summed E-state index contributed by atoms with van der Waals surface area (Å²) in [7, 11) is 0. The maximum Gasteiger partial charge on any atom is 0.0933 e. The molecular weight excluding hydrogens is 271 g/mol. The van der Waals surface area contributed by atoms with Crippen molar-refractivity contribution in [2.24, 2.45) is 0 Å². The van der Waals surface area contributed by atoms with Crippen molar-refractivity contribution in [1.29, 1.82) is 0 Å². The summed E-state index contributed by atoms with van der Waals surface area (Å²) in [6.45, 7) is 6.16. The minimum atomic E-state index is -0.0778. The van der Waals surface area contributed by atoms with Gasteiger partial charge in [0.2, 0.25) is 0 Å². The number of benzene rings is 1. The zero-order valence-corrected chi connectivity index (χ0v) is 12.4. The topological polar surface area (TPSA) is 0 Å². The molecule has 0 aliphatic carbocycles. The van der Waals surface area contributed by atoms with Crippen molar-refractivity contribution >= 4 is 34.5 Å². The van der Waals surface area contributed by atoms with E-state index in [1.54, 1.807) is 11.3 Å². The van der Waals surface area contributed by atoms with Crippen LogP contribution >= 0.6 is 34.5 Å². The predicted octanol–water partition coefficient (Wildman–Crippen LogP) is 5.65. The van der Waals surface area contributed by atoms with Crippen molar-refractivity contribution in [3.63, 3.8) is 0 Å². The van der Waals surface area contributed by atoms with Crippen LogP contribution in [0.15, 0.2) is 23.6 Å². The molecule has 0 saturated heterocycles. The molecule has 2 rings (SSSR count). The van der Waals surface area contributed by atoms with Gasteiger partial charge in [0, 0.05) is 9.90 Å². The molecule has 0 bridgehead atoms. The standard InChI is InChI=1S/C14H14Cl2S/c1-8-4-5-17-14(8)13(16)11-6-10(3)12(15)7-9(11)2/h4-7,13H,1-3H3. The van der Waals surface area contributed by atoms with Gasteiger partial charge in [-0.1, -0.05) is 17.7 Å². The Morgan fingerprint density at radius 2 is 1.76 bits per heavy atom. The van der Waals surface area contributed by atoms with Crippen LogP contribution in [0, 0.1) is 20.8 Å². The number of thiophene rings is 1. The Balaban J connectivity index is 2.48. The van der Waals surface area contributed by atoms with Crippen LogP contribution in [0.5, 0.6) is 0 Å². The van der Waals surface area contributed by atoms with E-state index in [-0.39, 0.29) is 5.38 Å². The molecular formula is C14H14Cl2S. The molecule has 0 saturated carbocycles. The van der Waals surface area contributed by atoms with Gasteiger partial charge < -0.3 is 0 Å². The van der Waals surface area contributed by atoms with Crippen molar-refractivity contribution in [3.8, 4) is 0 Å². The Bertz CT molecular complexity index is 543. The molecule has 0 aliphatic heterocycles. The molecule has 1 aromatic heterocycles. The minimum Gasteiger partial charge on any atom is -0.147 e. The SMILES string of the molecule is Cc1cc(C(Cl)c2sccc2C)c(C)cc1Cl. The van der Waals surface area contributed by atoms with Crippen molar-refractivity contribution in [3.05, 3.63) is 55.7 Å². The fourth-order valence-corrected chi connectivity index (χ4v) is 3.56. The molecule has 0 amide bonds. The van der Waals surface area contributed by atoms with E-state index >= 15 is 0 Å². The fourth-order valence-electron chi connectivity index (χ4n) is 1.86. The summed E-state index contributed by atoms with van der Waals surface area (Å²) in [5, 5.41) is 2.81. The van der Waals surface area contributed by atoms with Crippen LogP contribution in [-0.2, 0) is 0 Å². The molecule has 90 valence electrons. The average molecular weight is 285 g/mol. The van der Waals surface area contributed by atoms with Gasteiger partial charge in [-0.2, -0.15) is 0 Å². The van der Waals surface area contributed by atoms with Crippen molar-refractivity contribution in [2.75, 3.05) is 0 Å². The van der Waals surface area contributed by atoms with Crippen LogP contribution in [0.25, 0.3) is 0 Å². The van der Waals surface area contributed by atoms with Gasteiger partial charge in [0.15, 0.2) is 0 Å². The van der Waals surface area contributed by atoms with E-state index in [9.17, 15) is 0 Å². The monoisotopic (exact) mass is 284 g/mol. The van der Waals surface area contributed by atoms with Gasteiger partial charge in [0.05, 0.1) is 5.38 Å². The summed E-state index contributed by atoms with van der Waals surface area (Å²) in [6, 6.07) is 6.19. The first-order chi connectivity index (χ1) is 8.00. The number of rotatable bonds is 2. The summed E-state index contributed by atoms with van der Waals surface area (Å²) >= 11 is 14.4. The average Bonchev–Trinajstić information content (AvgIpc) is 2.69. The van der Waals surface area contributed by atoms with Crippen LogP contribution in [0.3, 0.4) is 0 Å². The van der Waals surface area contributed by atoms with E-state index in [2.05, 4.69) is 31.4 Å². The molecule has 0 nitrogen and oxygen atoms in total. The van der Waals surface area contributed by atoms with E-state index in [1.165, 1.54) is 10.4 Å². The highest BCUT2D eigenvalue weighted by Gasteiger charge is 2.17. The van der Waals surface area contributed by atoms with Crippen molar-refractivity contribution in [2.45, 2.75) is 26.1 Å². The zero-order valence-electron chi connectivity index (χ0n) is 10.1. The molecule has 0 spiro atoms. The lowest BCUT2D eigenvalue weighted by Crippen LogP contribution is -1.97. The maximum absolute atomic E-state index is 6.58. The Hall–Kier alpha value is -0.500. The first-order valence-electron chi connectivity index (χ1n) is 5.45. The summed E-state index contributed by atoms with van der Waals surface area (Å²) in [4.78, 5) is 1.22.